The van der Waals surface area contributed by atoms with Gasteiger partial charge in [-0.1, -0.05) is 70.4 Å². The summed E-state index contributed by atoms with van der Waals surface area (Å²) in [6.07, 6.45) is 27.1. The van der Waals surface area contributed by atoms with Crippen molar-refractivity contribution in [2.45, 2.75) is 135 Å². The molecule has 0 aromatic heterocycles. The van der Waals surface area contributed by atoms with Crippen LogP contribution in [0.2, 0.25) is 0 Å². The third kappa shape index (κ3) is 17.3. The van der Waals surface area contributed by atoms with Crippen LogP contribution >= 0.6 is 0 Å². The van der Waals surface area contributed by atoms with E-state index in [4.69, 9.17) is 19.3 Å². The SMILES string of the molecule is C1CCC(OC2CCCCO2)OC1.CCCCC=CCCCCCCCCCCO. The van der Waals surface area contributed by atoms with Crippen LogP contribution in [0.1, 0.15) is 122 Å². The zero-order chi connectivity index (χ0) is 21.5. The fourth-order valence-corrected chi connectivity index (χ4v) is 3.80. The van der Waals surface area contributed by atoms with Gasteiger partial charge in [-0.05, 0) is 64.2 Å². The van der Waals surface area contributed by atoms with Crippen molar-refractivity contribution in [3.05, 3.63) is 12.2 Å². The van der Waals surface area contributed by atoms with Crippen molar-refractivity contribution >= 4 is 0 Å². The molecule has 2 unspecified atom stereocenters. The van der Waals surface area contributed by atoms with Gasteiger partial charge in [0.25, 0.3) is 0 Å². The smallest absolute Gasteiger partial charge is 0.160 e. The predicted molar refractivity (Wildman–Crippen MR) is 126 cm³/mol. The zero-order valence-corrected chi connectivity index (χ0v) is 19.8. The highest BCUT2D eigenvalue weighted by Crippen LogP contribution is 2.20. The molecule has 0 aromatic carbocycles. The number of allylic oxidation sites excluding steroid dienone is 2. The Balaban J connectivity index is 0.000000308. The molecule has 2 rings (SSSR count). The molecule has 0 radical (unpaired) electrons. The molecule has 0 aliphatic carbocycles. The maximum atomic E-state index is 8.64. The van der Waals surface area contributed by atoms with Gasteiger partial charge in [0.15, 0.2) is 12.6 Å². The van der Waals surface area contributed by atoms with E-state index in [0.29, 0.717) is 6.61 Å². The van der Waals surface area contributed by atoms with Gasteiger partial charge in [0.1, 0.15) is 0 Å². The molecule has 2 aliphatic heterocycles. The van der Waals surface area contributed by atoms with Crippen LogP contribution in [-0.4, -0.2) is 37.5 Å². The van der Waals surface area contributed by atoms with E-state index >= 15 is 0 Å². The van der Waals surface area contributed by atoms with E-state index in [9.17, 15) is 0 Å². The molecule has 2 aliphatic rings. The number of hydrogen-bond acceptors (Lipinski definition) is 4. The zero-order valence-electron chi connectivity index (χ0n) is 19.8. The highest BCUT2D eigenvalue weighted by molar-refractivity contribution is 4.81. The van der Waals surface area contributed by atoms with E-state index in [0.717, 1.165) is 32.5 Å². The van der Waals surface area contributed by atoms with Crippen LogP contribution in [0.3, 0.4) is 0 Å². The largest absolute Gasteiger partial charge is 0.396 e. The second kappa shape index (κ2) is 21.8. The predicted octanol–water partition coefficient (Wildman–Crippen LogP) is 7.29. The minimum Gasteiger partial charge on any atom is -0.396 e. The molecule has 0 saturated carbocycles. The second-order valence-electron chi connectivity index (χ2n) is 8.68. The fourth-order valence-electron chi connectivity index (χ4n) is 3.80. The van der Waals surface area contributed by atoms with E-state index in [1.54, 1.807) is 0 Å². The highest BCUT2D eigenvalue weighted by Gasteiger charge is 2.21. The van der Waals surface area contributed by atoms with Crippen molar-refractivity contribution in [1.82, 2.24) is 0 Å². The van der Waals surface area contributed by atoms with E-state index in [1.807, 2.05) is 0 Å². The summed E-state index contributed by atoms with van der Waals surface area (Å²) in [7, 11) is 0. The lowest BCUT2D eigenvalue weighted by atomic mass is 10.1. The van der Waals surface area contributed by atoms with Gasteiger partial charge in [-0.15, -0.1) is 0 Å². The first-order chi connectivity index (χ1) is 14.9. The van der Waals surface area contributed by atoms with Crippen LogP contribution in [0.4, 0.5) is 0 Å². The Hall–Kier alpha value is -0.420. The van der Waals surface area contributed by atoms with Crippen molar-refractivity contribution in [1.29, 1.82) is 0 Å². The number of rotatable bonds is 15. The van der Waals surface area contributed by atoms with Gasteiger partial charge in [-0.25, -0.2) is 0 Å². The third-order valence-corrected chi connectivity index (χ3v) is 5.75. The van der Waals surface area contributed by atoms with Crippen molar-refractivity contribution in [3.8, 4) is 0 Å². The Morgan fingerprint density at radius 2 is 1.20 bits per heavy atom. The molecule has 178 valence electrons. The Bertz CT molecular complexity index is 344. The number of aliphatic hydroxyl groups excluding tert-OH is 1. The molecule has 0 amide bonds. The van der Waals surface area contributed by atoms with E-state index in [1.165, 1.54) is 96.3 Å². The standard InChI is InChI=1S/C16H32O.C10H18O3/c1-2-3-4-5-6-7-8-9-10-11-12-13-14-15-16-17;1-3-7-11-9(5-1)13-10-6-2-4-8-12-10/h5-6,17H,2-4,7-16H2,1H3;9-10H,1-8H2. The van der Waals surface area contributed by atoms with Crippen molar-refractivity contribution in [3.63, 3.8) is 0 Å². The van der Waals surface area contributed by atoms with Gasteiger partial charge in [0.2, 0.25) is 0 Å². The summed E-state index contributed by atoms with van der Waals surface area (Å²) in [5, 5.41) is 8.64. The minimum absolute atomic E-state index is 0.00292. The molecule has 4 heteroatoms. The first-order valence-electron chi connectivity index (χ1n) is 13.0. The van der Waals surface area contributed by atoms with Crippen molar-refractivity contribution < 1.29 is 19.3 Å². The van der Waals surface area contributed by atoms with Crippen LogP contribution in [-0.2, 0) is 14.2 Å². The lowest BCUT2D eigenvalue weighted by molar-refractivity contribution is -0.264. The topological polar surface area (TPSA) is 47.9 Å². The maximum Gasteiger partial charge on any atom is 0.160 e. The van der Waals surface area contributed by atoms with Crippen molar-refractivity contribution in [2.75, 3.05) is 19.8 Å². The molecule has 0 spiro atoms. The highest BCUT2D eigenvalue weighted by atomic mass is 16.8. The summed E-state index contributed by atoms with van der Waals surface area (Å²) in [4.78, 5) is 0. The molecule has 0 aromatic rings. The summed E-state index contributed by atoms with van der Waals surface area (Å²) in [6, 6.07) is 0. The van der Waals surface area contributed by atoms with Gasteiger partial charge < -0.3 is 19.3 Å². The molecule has 2 fully saturated rings. The summed E-state index contributed by atoms with van der Waals surface area (Å²) >= 11 is 0. The summed E-state index contributed by atoms with van der Waals surface area (Å²) in [5.41, 5.74) is 0. The second-order valence-corrected chi connectivity index (χ2v) is 8.68. The molecule has 2 saturated heterocycles. The molecule has 4 nitrogen and oxygen atoms in total. The van der Waals surface area contributed by atoms with Gasteiger partial charge in [0, 0.05) is 19.8 Å². The van der Waals surface area contributed by atoms with Crippen LogP contribution in [0.25, 0.3) is 0 Å². The van der Waals surface area contributed by atoms with Crippen LogP contribution in [0.5, 0.6) is 0 Å². The Morgan fingerprint density at radius 1 is 0.700 bits per heavy atom. The molecule has 2 heterocycles. The number of ether oxygens (including phenoxy) is 3. The van der Waals surface area contributed by atoms with E-state index < -0.39 is 0 Å². The van der Waals surface area contributed by atoms with E-state index in [-0.39, 0.29) is 12.6 Å². The number of aliphatic hydroxyl groups is 1. The van der Waals surface area contributed by atoms with Crippen LogP contribution in [0.15, 0.2) is 12.2 Å². The number of hydrogen-bond donors (Lipinski definition) is 1. The van der Waals surface area contributed by atoms with Crippen molar-refractivity contribution in [2.24, 2.45) is 0 Å². The molecule has 30 heavy (non-hydrogen) atoms. The average Bonchev–Trinajstić information content (AvgIpc) is 2.79. The fraction of sp³-hybridized carbons (Fsp3) is 0.923. The first-order valence-corrected chi connectivity index (χ1v) is 13.0. The van der Waals surface area contributed by atoms with Gasteiger partial charge in [-0.3, -0.25) is 0 Å². The normalized spacial score (nSPS) is 22.1. The van der Waals surface area contributed by atoms with Gasteiger partial charge in [0.05, 0.1) is 0 Å². The summed E-state index contributed by atoms with van der Waals surface area (Å²) < 4.78 is 16.6. The Morgan fingerprint density at radius 3 is 1.67 bits per heavy atom. The maximum absolute atomic E-state index is 8.64. The van der Waals surface area contributed by atoms with Gasteiger partial charge >= 0.3 is 0 Å². The first kappa shape index (κ1) is 27.6. The van der Waals surface area contributed by atoms with E-state index in [2.05, 4.69) is 19.1 Å². The Kier molecular flexibility index (Phi) is 20.1. The molecular formula is C26H50O4. The molecule has 2 atom stereocenters. The molecule has 1 N–H and O–H groups in total. The molecular weight excluding hydrogens is 376 g/mol. The number of unbranched alkanes of at least 4 members (excludes halogenated alkanes) is 10. The third-order valence-electron chi connectivity index (χ3n) is 5.75. The Labute approximate surface area is 186 Å². The van der Waals surface area contributed by atoms with Crippen LogP contribution < -0.4 is 0 Å². The average molecular weight is 427 g/mol. The van der Waals surface area contributed by atoms with Crippen LogP contribution in [0, 0.1) is 0 Å². The molecule has 0 bridgehead atoms. The lowest BCUT2D eigenvalue weighted by Crippen LogP contribution is -2.31. The minimum atomic E-state index is -0.00292. The van der Waals surface area contributed by atoms with Gasteiger partial charge in [-0.2, -0.15) is 0 Å². The monoisotopic (exact) mass is 426 g/mol. The lowest BCUT2D eigenvalue weighted by Gasteiger charge is -2.29. The summed E-state index contributed by atoms with van der Waals surface area (Å²) in [5.74, 6) is 0. The quantitative estimate of drug-likeness (QED) is 0.220. The summed E-state index contributed by atoms with van der Waals surface area (Å²) in [6.45, 7) is 4.30.